The van der Waals surface area contributed by atoms with E-state index in [2.05, 4.69) is 11.9 Å². The zero-order valence-corrected chi connectivity index (χ0v) is 10.9. The van der Waals surface area contributed by atoms with Crippen molar-refractivity contribution in [2.75, 3.05) is 11.9 Å². The molecule has 0 fully saturated rings. The van der Waals surface area contributed by atoms with Crippen LogP contribution in [0.25, 0.3) is 0 Å². The highest BCUT2D eigenvalue weighted by atomic mass is 16.6. The number of nitro groups is 1. The second-order valence-corrected chi connectivity index (χ2v) is 4.42. The summed E-state index contributed by atoms with van der Waals surface area (Å²) in [6.07, 6.45) is -0.111. The molecule has 0 amide bonds. The van der Waals surface area contributed by atoms with E-state index in [4.69, 9.17) is 4.74 Å². The van der Waals surface area contributed by atoms with Crippen molar-refractivity contribution >= 4 is 11.4 Å². The van der Waals surface area contributed by atoms with Crippen LogP contribution in [0.2, 0.25) is 0 Å². The molecule has 1 aromatic carbocycles. The molecule has 0 saturated carbocycles. The molecule has 1 rings (SSSR count). The Balaban J connectivity index is 2.97. The monoisotopic (exact) mass is 250 g/mol. The third kappa shape index (κ3) is 4.08. The molecule has 0 aliphatic rings. The molecule has 1 N–H and O–H groups in total. The average molecular weight is 250 g/mol. The first-order chi connectivity index (χ1) is 8.40. The van der Waals surface area contributed by atoms with Crippen molar-refractivity contribution in [3.05, 3.63) is 40.5 Å². The Kier molecular flexibility index (Phi) is 4.71. The van der Waals surface area contributed by atoms with E-state index in [-0.39, 0.29) is 17.5 Å². The van der Waals surface area contributed by atoms with Crippen LogP contribution in [0.3, 0.4) is 0 Å². The number of benzene rings is 1. The number of hydrogen-bond donors (Lipinski definition) is 1. The quantitative estimate of drug-likeness (QED) is 0.477. The zero-order chi connectivity index (χ0) is 13.7. The van der Waals surface area contributed by atoms with Crippen LogP contribution >= 0.6 is 0 Å². The largest absolute Gasteiger partial charge is 0.484 e. The lowest BCUT2D eigenvalue weighted by Gasteiger charge is -2.12. The van der Waals surface area contributed by atoms with Crippen molar-refractivity contribution in [1.82, 2.24) is 0 Å². The topological polar surface area (TPSA) is 64.4 Å². The van der Waals surface area contributed by atoms with Gasteiger partial charge in [-0.05, 0) is 26.8 Å². The van der Waals surface area contributed by atoms with Gasteiger partial charge in [-0.2, -0.15) is 0 Å². The molecule has 0 spiro atoms. The molecule has 0 unspecified atom stereocenters. The maximum Gasteiger partial charge on any atom is 0.311 e. The molecule has 0 aromatic heterocycles. The molecule has 98 valence electrons. The molecule has 1 aromatic rings. The summed E-state index contributed by atoms with van der Waals surface area (Å²) in [5.41, 5.74) is 1.74. The van der Waals surface area contributed by atoms with Crippen LogP contribution in [0.1, 0.15) is 20.8 Å². The smallest absolute Gasteiger partial charge is 0.311 e. The molecule has 0 saturated heterocycles. The van der Waals surface area contributed by atoms with Crippen molar-refractivity contribution in [2.45, 2.75) is 26.9 Å². The first-order valence-corrected chi connectivity index (χ1v) is 5.73. The van der Waals surface area contributed by atoms with Gasteiger partial charge < -0.3 is 10.1 Å². The first kappa shape index (κ1) is 14.0. The highest BCUT2D eigenvalue weighted by Crippen LogP contribution is 2.30. The van der Waals surface area contributed by atoms with Crippen LogP contribution in [-0.4, -0.2) is 17.6 Å². The summed E-state index contributed by atoms with van der Waals surface area (Å²) in [6.45, 7) is 9.98. The molecule has 5 nitrogen and oxygen atoms in total. The fourth-order valence-corrected chi connectivity index (χ4v) is 1.38. The summed E-state index contributed by atoms with van der Waals surface area (Å²) in [7, 11) is 0. The Hall–Kier alpha value is -2.04. The van der Waals surface area contributed by atoms with Gasteiger partial charge in [0.2, 0.25) is 0 Å². The van der Waals surface area contributed by atoms with E-state index in [1.54, 1.807) is 12.1 Å². The Morgan fingerprint density at radius 1 is 1.56 bits per heavy atom. The number of ether oxygens (including phenoxy) is 1. The molecule has 0 atom stereocenters. The highest BCUT2D eigenvalue weighted by molar-refractivity contribution is 5.58. The molecule has 0 heterocycles. The molecule has 0 aliphatic carbocycles. The van der Waals surface area contributed by atoms with Crippen molar-refractivity contribution < 1.29 is 9.66 Å². The van der Waals surface area contributed by atoms with Gasteiger partial charge in [0.15, 0.2) is 5.75 Å². The Bertz CT molecular complexity index is 456. The minimum absolute atomic E-state index is 0.0235. The van der Waals surface area contributed by atoms with Crippen molar-refractivity contribution in [1.29, 1.82) is 0 Å². The third-order valence-electron chi connectivity index (χ3n) is 2.11. The van der Waals surface area contributed by atoms with E-state index in [1.165, 1.54) is 6.07 Å². The molecule has 5 heteroatoms. The third-order valence-corrected chi connectivity index (χ3v) is 2.11. The van der Waals surface area contributed by atoms with Crippen molar-refractivity contribution in [3.63, 3.8) is 0 Å². The lowest BCUT2D eigenvalue weighted by atomic mass is 10.2. The lowest BCUT2D eigenvalue weighted by Crippen LogP contribution is -2.08. The number of nitrogens with zero attached hydrogens (tertiary/aromatic N) is 1. The molecular weight excluding hydrogens is 232 g/mol. The van der Waals surface area contributed by atoms with Gasteiger partial charge >= 0.3 is 5.69 Å². The molecule has 0 aliphatic heterocycles. The Morgan fingerprint density at radius 3 is 2.72 bits per heavy atom. The number of rotatable bonds is 6. The fraction of sp³-hybridized carbons (Fsp3) is 0.385. The summed E-state index contributed by atoms with van der Waals surface area (Å²) in [6, 6.07) is 4.74. The minimum Gasteiger partial charge on any atom is -0.484 e. The highest BCUT2D eigenvalue weighted by Gasteiger charge is 2.16. The number of nitro benzene ring substituents is 1. The summed E-state index contributed by atoms with van der Waals surface area (Å²) >= 11 is 0. The van der Waals surface area contributed by atoms with E-state index in [0.717, 1.165) is 11.3 Å². The van der Waals surface area contributed by atoms with Crippen LogP contribution < -0.4 is 10.1 Å². The van der Waals surface area contributed by atoms with Gasteiger partial charge in [-0.15, -0.1) is 0 Å². The van der Waals surface area contributed by atoms with Gasteiger partial charge in [0.1, 0.15) is 0 Å². The van der Waals surface area contributed by atoms with Crippen LogP contribution in [0.5, 0.6) is 5.75 Å². The lowest BCUT2D eigenvalue weighted by molar-refractivity contribution is -0.386. The summed E-state index contributed by atoms with van der Waals surface area (Å²) < 4.78 is 5.45. The maximum atomic E-state index is 10.9. The van der Waals surface area contributed by atoms with Gasteiger partial charge in [-0.25, -0.2) is 0 Å². The number of hydrogen-bond acceptors (Lipinski definition) is 4. The predicted octanol–water partition coefficient (Wildman–Crippen LogP) is 3.37. The van der Waals surface area contributed by atoms with Gasteiger partial charge in [0.05, 0.1) is 11.0 Å². The second kappa shape index (κ2) is 6.05. The van der Waals surface area contributed by atoms with E-state index in [0.29, 0.717) is 6.54 Å². The molecule has 0 bridgehead atoms. The van der Waals surface area contributed by atoms with E-state index in [1.807, 2.05) is 20.8 Å². The van der Waals surface area contributed by atoms with E-state index < -0.39 is 4.92 Å². The molecular formula is C13H18N2O3. The maximum absolute atomic E-state index is 10.9. The number of nitrogens with one attached hydrogen (secondary N) is 1. The van der Waals surface area contributed by atoms with Gasteiger partial charge in [-0.3, -0.25) is 10.1 Å². The standard InChI is InChI=1S/C13H18N2O3/c1-9(2)8-14-11-5-6-12(15(16)17)13(7-11)18-10(3)4/h5-7,10,14H,1,8H2,2-4H3. The van der Waals surface area contributed by atoms with Crippen LogP contribution in [-0.2, 0) is 0 Å². The predicted molar refractivity (Wildman–Crippen MR) is 72.2 cm³/mol. The van der Waals surface area contributed by atoms with E-state index >= 15 is 0 Å². The van der Waals surface area contributed by atoms with Crippen molar-refractivity contribution in [2.24, 2.45) is 0 Å². The minimum atomic E-state index is -0.444. The molecule has 0 radical (unpaired) electrons. The van der Waals surface area contributed by atoms with Gasteiger partial charge in [-0.1, -0.05) is 12.2 Å². The Morgan fingerprint density at radius 2 is 2.22 bits per heavy atom. The van der Waals surface area contributed by atoms with Crippen molar-refractivity contribution in [3.8, 4) is 5.75 Å². The number of anilines is 1. The summed E-state index contributed by atoms with van der Waals surface area (Å²) in [5, 5.41) is 14.0. The van der Waals surface area contributed by atoms with Crippen LogP contribution in [0.15, 0.2) is 30.4 Å². The second-order valence-electron chi connectivity index (χ2n) is 4.42. The molecule has 18 heavy (non-hydrogen) atoms. The SMILES string of the molecule is C=C(C)CNc1ccc([N+](=O)[O-])c(OC(C)C)c1. The zero-order valence-electron chi connectivity index (χ0n) is 10.9. The van der Waals surface area contributed by atoms with Crippen LogP contribution in [0.4, 0.5) is 11.4 Å². The normalized spacial score (nSPS) is 10.2. The van der Waals surface area contributed by atoms with Gasteiger partial charge in [0, 0.05) is 24.4 Å². The van der Waals surface area contributed by atoms with Gasteiger partial charge in [0.25, 0.3) is 0 Å². The summed E-state index contributed by atoms with van der Waals surface area (Å²) in [4.78, 5) is 10.4. The van der Waals surface area contributed by atoms with Crippen LogP contribution in [0, 0.1) is 10.1 Å². The average Bonchev–Trinajstić information content (AvgIpc) is 2.25. The first-order valence-electron chi connectivity index (χ1n) is 5.73. The fourth-order valence-electron chi connectivity index (χ4n) is 1.38. The Labute approximate surface area is 107 Å². The van der Waals surface area contributed by atoms with E-state index in [9.17, 15) is 10.1 Å². The summed E-state index contributed by atoms with van der Waals surface area (Å²) in [5.74, 6) is 0.279.